The molecule has 0 aromatic carbocycles. The molecule has 0 unspecified atom stereocenters. The zero-order chi connectivity index (χ0) is 11.4. The fourth-order valence-corrected chi connectivity index (χ4v) is 1.83. The summed E-state index contributed by atoms with van der Waals surface area (Å²) in [7, 11) is 4.14. The van der Waals surface area contributed by atoms with Crippen LogP contribution in [-0.4, -0.2) is 30.1 Å². The topological polar surface area (TPSA) is 32.0 Å². The molecule has 1 heterocycles. The van der Waals surface area contributed by atoms with Crippen LogP contribution in [0.25, 0.3) is 0 Å². The molecule has 0 amide bonds. The van der Waals surface area contributed by atoms with Crippen molar-refractivity contribution in [2.45, 2.75) is 26.8 Å². The Labute approximate surface area is 91.9 Å². The number of hydrogen-bond donors (Lipinski definition) is 0. The first-order valence-corrected chi connectivity index (χ1v) is 5.28. The van der Waals surface area contributed by atoms with Gasteiger partial charge in [0.2, 0.25) is 0 Å². The summed E-state index contributed by atoms with van der Waals surface area (Å²) in [6.07, 6.45) is 1.08. The highest BCUT2D eigenvalue weighted by atomic mass is 15.1. The molecular weight excluding hydrogens is 186 g/mol. The standard InChI is InChI=1S/C12H19N3/c1-10-8-11(2)15(12(10)9-13)7-5-6-14(3)4/h8H,5-7H2,1-4H3. The van der Waals surface area contributed by atoms with Gasteiger partial charge >= 0.3 is 0 Å². The first-order valence-electron chi connectivity index (χ1n) is 5.28. The Morgan fingerprint density at radius 1 is 1.40 bits per heavy atom. The second-order valence-electron chi connectivity index (χ2n) is 4.24. The molecule has 0 saturated heterocycles. The van der Waals surface area contributed by atoms with E-state index in [0.717, 1.165) is 30.8 Å². The molecule has 0 N–H and O–H groups in total. The van der Waals surface area contributed by atoms with Gasteiger partial charge in [-0.25, -0.2) is 0 Å². The fourth-order valence-electron chi connectivity index (χ4n) is 1.83. The van der Waals surface area contributed by atoms with E-state index in [2.05, 4.69) is 42.6 Å². The van der Waals surface area contributed by atoms with Gasteiger partial charge in [-0.15, -0.1) is 0 Å². The van der Waals surface area contributed by atoms with Crippen molar-refractivity contribution in [1.82, 2.24) is 9.47 Å². The quantitative estimate of drug-likeness (QED) is 0.752. The lowest BCUT2D eigenvalue weighted by Crippen LogP contribution is -2.15. The van der Waals surface area contributed by atoms with Gasteiger partial charge < -0.3 is 9.47 Å². The van der Waals surface area contributed by atoms with Gasteiger partial charge in [-0.1, -0.05) is 0 Å². The first kappa shape index (κ1) is 11.8. The zero-order valence-corrected chi connectivity index (χ0v) is 10.0. The molecule has 15 heavy (non-hydrogen) atoms. The Morgan fingerprint density at radius 2 is 2.07 bits per heavy atom. The summed E-state index contributed by atoms with van der Waals surface area (Å²) in [5.74, 6) is 0. The van der Waals surface area contributed by atoms with Crippen molar-refractivity contribution in [2.24, 2.45) is 0 Å². The largest absolute Gasteiger partial charge is 0.337 e. The van der Waals surface area contributed by atoms with E-state index in [9.17, 15) is 0 Å². The third-order valence-electron chi connectivity index (χ3n) is 2.59. The Bertz CT molecular complexity index is 369. The Hall–Kier alpha value is -1.27. The van der Waals surface area contributed by atoms with Crippen molar-refractivity contribution < 1.29 is 0 Å². The van der Waals surface area contributed by atoms with Gasteiger partial charge in [-0.05, 0) is 52.5 Å². The second kappa shape index (κ2) is 4.99. The van der Waals surface area contributed by atoms with Crippen molar-refractivity contribution in [3.05, 3.63) is 23.0 Å². The minimum absolute atomic E-state index is 0.811. The summed E-state index contributed by atoms with van der Waals surface area (Å²) in [6.45, 7) is 6.04. The van der Waals surface area contributed by atoms with Crippen LogP contribution in [-0.2, 0) is 6.54 Å². The highest BCUT2D eigenvalue weighted by Gasteiger charge is 2.08. The molecule has 82 valence electrons. The highest BCUT2D eigenvalue weighted by Crippen LogP contribution is 2.14. The minimum atomic E-state index is 0.811. The first-order chi connectivity index (χ1) is 7.06. The predicted molar refractivity (Wildman–Crippen MR) is 61.8 cm³/mol. The highest BCUT2D eigenvalue weighted by molar-refractivity contribution is 5.35. The van der Waals surface area contributed by atoms with E-state index in [1.165, 1.54) is 5.69 Å². The average Bonchev–Trinajstić information content (AvgIpc) is 2.41. The Balaban J connectivity index is 2.72. The van der Waals surface area contributed by atoms with E-state index in [1.807, 2.05) is 6.92 Å². The minimum Gasteiger partial charge on any atom is -0.337 e. The molecule has 0 bridgehead atoms. The summed E-state index contributed by atoms with van der Waals surface area (Å²) in [4.78, 5) is 2.16. The van der Waals surface area contributed by atoms with Gasteiger partial charge in [0, 0.05) is 12.2 Å². The van der Waals surface area contributed by atoms with Crippen LogP contribution in [0, 0.1) is 25.2 Å². The van der Waals surface area contributed by atoms with Gasteiger partial charge in [0.25, 0.3) is 0 Å². The number of nitrogens with zero attached hydrogens (tertiary/aromatic N) is 3. The van der Waals surface area contributed by atoms with Crippen molar-refractivity contribution in [2.75, 3.05) is 20.6 Å². The van der Waals surface area contributed by atoms with E-state index in [0.29, 0.717) is 0 Å². The molecule has 0 aliphatic heterocycles. The van der Waals surface area contributed by atoms with Crippen LogP contribution in [0.1, 0.15) is 23.4 Å². The average molecular weight is 205 g/mol. The lowest BCUT2D eigenvalue weighted by molar-refractivity contribution is 0.385. The molecule has 3 heteroatoms. The van der Waals surface area contributed by atoms with Crippen LogP contribution in [0.3, 0.4) is 0 Å². The maximum absolute atomic E-state index is 9.04. The van der Waals surface area contributed by atoms with Crippen LogP contribution in [0.2, 0.25) is 0 Å². The van der Waals surface area contributed by atoms with Crippen molar-refractivity contribution in [1.29, 1.82) is 5.26 Å². The smallest absolute Gasteiger partial charge is 0.123 e. The summed E-state index contributed by atoms with van der Waals surface area (Å²) in [5, 5.41) is 9.04. The molecule has 0 fully saturated rings. The van der Waals surface area contributed by atoms with E-state index in [1.54, 1.807) is 0 Å². The molecule has 0 spiro atoms. The lowest BCUT2D eigenvalue weighted by Gasteiger charge is -2.11. The van der Waals surface area contributed by atoms with Crippen molar-refractivity contribution in [3.8, 4) is 6.07 Å². The number of nitriles is 1. The molecule has 3 nitrogen and oxygen atoms in total. The van der Waals surface area contributed by atoms with Gasteiger partial charge in [0.05, 0.1) is 0 Å². The molecular formula is C12H19N3. The summed E-state index contributed by atoms with van der Waals surface area (Å²) in [6, 6.07) is 4.35. The normalized spacial score (nSPS) is 10.7. The Morgan fingerprint density at radius 3 is 2.60 bits per heavy atom. The van der Waals surface area contributed by atoms with Crippen LogP contribution < -0.4 is 0 Å². The van der Waals surface area contributed by atoms with E-state index in [-0.39, 0.29) is 0 Å². The van der Waals surface area contributed by atoms with Crippen LogP contribution >= 0.6 is 0 Å². The molecule has 0 saturated carbocycles. The van der Waals surface area contributed by atoms with Crippen molar-refractivity contribution in [3.63, 3.8) is 0 Å². The third kappa shape index (κ3) is 2.84. The molecule has 1 rings (SSSR count). The predicted octanol–water partition coefficient (Wildman–Crippen LogP) is 1.93. The maximum atomic E-state index is 9.04. The van der Waals surface area contributed by atoms with Crippen molar-refractivity contribution >= 4 is 0 Å². The molecule has 0 aliphatic rings. The van der Waals surface area contributed by atoms with E-state index in [4.69, 9.17) is 5.26 Å². The number of hydrogen-bond acceptors (Lipinski definition) is 2. The summed E-state index contributed by atoms with van der Waals surface area (Å²) in [5.41, 5.74) is 3.08. The van der Waals surface area contributed by atoms with E-state index >= 15 is 0 Å². The van der Waals surface area contributed by atoms with Crippen LogP contribution in [0.5, 0.6) is 0 Å². The van der Waals surface area contributed by atoms with Gasteiger partial charge in [-0.2, -0.15) is 5.26 Å². The van der Waals surface area contributed by atoms with Gasteiger partial charge in [0.1, 0.15) is 11.8 Å². The van der Waals surface area contributed by atoms with Gasteiger partial charge in [0.15, 0.2) is 0 Å². The molecule has 0 radical (unpaired) electrons. The van der Waals surface area contributed by atoms with Crippen LogP contribution in [0.4, 0.5) is 0 Å². The molecule has 0 aliphatic carbocycles. The number of aryl methyl sites for hydroxylation is 2. The monoisotopic (exact) mass is 205 g/mol. The van der Waals surface area contributed by atoms with Crippen LogP contribution in [0.15, 0.2) is 6.07 Å². The molecule has 0 atom stereocenters. The summed E-state index contributed by atoms with van der Waals surface area (Å²) < 4.78 is 2.11. The lowest BCUT2D eigenvalue weighted by atomic mass is 10.3. The number of aromatic nitrogens is 1. The van der Waals surface area contributed by atoms with E-state index < -0.39 is 0 Å². The molecule has 1 aromatic heterocycles. The number of rotatable bonds is 4. The zero-order valence-electron chi connectivity index (χ0n) is 10.0. The fraction of sp³-hybridized carbons (Fsp3) is 0.583. The second-order valence-corrected chi connectivity index (χ2v) is 4.24. The SMILES string of the molecule is Cc1cc(C)n(CCCN(C)C)c1C#N. The van der Waals surface area contributed by atoms with Gasteiger partial charge in [-0.3, -0.25) is 0 Å². The Kier molecular flexibility index (Phi) is 3.93. The molecule has 1 aromatic rings. The third-order valence-corrected chi connectivity index (χ3v) is 2.59. The maximum Gasteiger partial charge on any atom is 0.123 e. The summed E-state index contributed by atoms with van der Waals surface area (Å²) >= 11 is 0.